The average Bonchev–Trinajstić information content (AvgIpc) is 2.71. The molecular formula is C14H20N2O2S. The van der Waals surface area contributed by atoms with E-state index in [4.69, 9.17) is 5.73 Å². The molecule has 1 aliphatic rings. The first kappa shape index (κ1) is 14.1. The molecule has 2 rings (SSSR count). The average molecular weight is 280 g/mol. The van der Waals surface area contributed by atoms with Gasteiger partial charge in [-0.3, -0.25) is 9.59 Å². The largest absolute Gasteiger partial charge is 0.368 e. The number of nitrogens with one attached hydrogen (secondary N) is 1. The van der Waals surface area contributed by atoms with Crippen molar-refractivity contribution in [2.45, 2.75) is 51.5 Å². The number of fused-ring (bicyclic) bond motifs is 1. The Morgan fingerprint density at radius 1 is 1.26 bits per heavy atom. The highest BCUT2D eigenvalue weighted by Gasteiger charge is 2.18. The number of hydrogen-bond donors (Lipinski definition) is 2. The summed E-state index contributed by atoms with van der Waals surface area (Å²) in [6.45, 7) is 1.60. The van der Waals surface area contributed by atoms with Gasteiger partial charge in [0.05, 0.1) is 4.88 Å². The van der Waals surface area contributed by atoms with Crippen LogP contribution in [0.15, 0.2) is 6.07 Å². The van der Waals surface area contributed by atoms with Gasteiger partial charge in [-0.25, -0.2) is 0 Å². The van der Waals surface area contributed by atoms with E-state index in [-0.39, 0.29) is 5.91 Å². The molecular weight excluding hydrogens is 260 g/mol. The highest BCUT2D eigenvalue weighted by molar-refractivity contribution is 7.14. The van der Waals surface area contributed by atoms with E-state index in [9.17, 15) is 9.59 Å². The van der Waals surface area contributed by atoms with Crippen molar-refractivity contribution in [3.63, 3.8) is 0 Å². The molecule has 0 fully saturated rings. The maximum atomic E-state index is 12.0. The van der Waals surface area contributed by atoms with Crippen LogP contribution in [-0.4, -0.2) is 17.9 Å². The third-order valence-electron chi connectivity index (χ3n) is 3.49. The summed E-state index contributed by atoms with van der Waals surface area (Å²) in [5.74, 6) is -0.702. The third kappa shape index (κ3) is 3.56. The molecule has 2 amide bonds. The van der Waals surface area contributed by atoms with Crippen LogP contribution in [0, 0.1) is 0 Å². The standard InChI is InChI=1S/C14H20N2O2S/c1-9(13(15)17)16-14(18)12-8-10-6-4-2-3-5-7-11(10)19-12/h8-9H,2-7H2,1H3,(H2,15,17)(H,16,18). The summed E-state index contributed by atoms with van der Waals surface area (Å²) in [6.07, 6.45) is 7.07. The highest BCUT2D eigenvalue weighted by Crippen LogP contribution is 2.28. The lowest BCUT2D eigenvalue weighted by atomic mass is 10.00. The lowest BCUT2D eigenvalue weighted by Crippen LogP contribution is -2.41. The van der Waals surface area contributed by atoms with Gasteiger partial charge in [0, 0.05) is 4.88 Å². The maximum absolute atomic E-state index is 12.0. The first-order valence-electron chi connectivity index (χ1n) is 6.79. The van der Waals surface area contributed by atoms with Crippen LogP contribution >= 0.6 is 11.3 Å². The monoisotopic (exact) mass is 280 g/mol. The Morgan fingerprint density at radius 2 is 1.95 bits per heavy atom. The Balaban J connectivity index is 2.10. The number of thiophene rings is 1. The summed E-state index contributed by atoms with van der Waals surface area (Å²) < 4.78 is 0. The van der Waals surface area contributed by atoms with Crippen molar-refractivity contribution in [1.29, 1.82) is 0 Å². The van der Waals surface area contributed by atoms with E-state index in [2.05, 4.69) is 5.32 Å². The van der Waals surface area contributed by atoms with Crippen molar-refractivity contribution >= 4 is 23.2 Å². The lowest BCUT2D eigenvalue weighted by molar-refractivity contribution is -0.119. The predicted octanol–water partition coefficient (Wildman–Crippen LogP) is 2.01. The zero-order chi connectivity index (χ0) is 13.8. The SMILES string of the molecule is CC(NC(=O)c1cc2c(s1)CCCCCC2)C(N)=O. The van der Waals surface area contributed by atoms with E-state index in [1.54, 1.807) is 18.3 Å². The molecule has 104 valence electrons. The van der Waals surface area contributed by atoms with E-state index in [0.29, 0.717) is 4.88 Å². The molecule has 0 aromatic carbocycles. The number of carbonyl (C=O) groups excluding carboxylic acids is 2. The first-order chi connectivity index (χ1) is 9.08. The fraction of sp³-hybridized carbons (Fsp3) is 0.571. The number of carbonyl (C=O) groups is 2. The molecule has 0 saturated heterocycles. The molecule has 0 saturated carbocycles. The summed E-state index contributed by atoms with van der Waals surface area (Å²) in [7, 11) is 0. The fourth-order valence-electron chi connectivity index (χ4n) is 2.30. The van der Waals surface area contributed by atoms with E-state index in [0.717, 1.165) is 12.8 Å². The number of rotatable bonds is 3. The van der Waals surface area contributed by atoms with E-state index >= 15 is 0 Å². The van der Waals surface area contributed by atoms with Crippen LogP contribution < -0.4 is 11.1 Å². The predicted molar refractivity (Wildman–Crippen MR) is 76.3 cm³/mol. The molecule has 0 radical (unpaired) electrons. The molecule has 1 aliphatic carbocycles. The Hall–Kier alpha value is -1.36. The second-order valence-electron chi connectivity index (χ2n) is 5.07. The molecule has 0 aliphatic heterocycles. The van der Waals surface area contributed by atoms with Crippen molar-refractivity contribution in [2.24, 2.45) is 5.73 Å². The van der Waals surface area contributed by atoms with E-state index < -0.39 is 11.9 Å². The van der Waals surface area contributed by atoms with Crippen molar-refractivity contribution in [2.75, 3.05) is 0 Å². The normalized spacial score (nSPS) is 16.9. The molecule has 1 atom stereocenters. The number of primary amides is 1. The summed E-state index contributed by atoms with van der Waals surface area (Å²) in [6, 6.07) is 1.35. The van der Waals surface area contributed by atoms with Crippen LogP contribution in [0.5, 0.6) is 0 Å². The van der Waals surface area contributed by atoms with Crippen LogP contribution in [0.25, 0.3) is 0 Å². The first-order valence-corrected chi connectivity index (χ1v) is 7.61. The minimum Gasteiger partial charge on any atom is -0.368 e. The fourth-order valence-corrected chi connectivity index (χ4v) is 3.45. The van der Waals surface area contributed by atoms with Gasteiger partial charge in [-0.05, 0) is 44.2 Å². The van der Waals surface area contributed by atoms with Crippen LogP contribution in [-0.2, 0) is 17.6 Å². The summed E-state index contributed by atoms with van der Waals surface area (Å²) in [5.41, 5.74) is 6.46. The summed E-state index contributed by atoms with van der Waals surface area (Å²) in [4.78, 5) is 25.0. The van der Waals surface area contributed by atoms with Gasteiger partial charge in [0.1, 0.15) is 6.04 Å². The molecule has 5 heteroatoms. The Kier molecular flexibility index (Phi) is 4.58. The molecule has 0 bridgehead atoms. The van der Waals surface area contributed by atoms with Gasteiger partial charge < -0.3 is 11.1 Å². The lowest BCUT2D eigenvalue weighted by Gasteiger charge is -2.08. The minimum atomic E-state index is -0.628. The number of hydrogen-bond acceptors (Lipinski definition) is 3. The molecule has 19 heavy (non-hydrogen) atoms. The van der Waals surface area contributed by atoms with Crippen LogP contribution in [0.3, 0.4) is 0 Å². The topological polar surface area (TPSA) is 72.2 Å². The second-order valence-corrected chi connectivity index (χ2v) is 6.21. The van der Waals surface area contributed by atoms with Crippen molar-refractivity contribution in [3.05, 3.63) is 21.4 Å². The molecule has 0 spiro atoms. The van der Waals surface area contributed by atoms with Gasteiger partial charge in [-0.2, -0.15) is 0 Å². The Bertz CT molecular complexity index is 456. The van der Waals surface area contributed by atoms with Crippen molar-refractivity contribution in [1.82, 2.24) is 5.32 Å². The van der Waals surface area contributed by atoms with Gasteiger partial charge >= 0.3 is 0 Å². The summed E-state index contributed by atoms with van der Waals surface area (Å²) in [5, 5.41) is 2.63. The molecule has 1 unspecified atom stereocenters. The van der Waals surface area contributed by atoms with Crippen molar-refractivity contribution in [3.8, 4) is 0 Å². The molecule has 4 nitrogen and oxygen atoms in total. The third-order valence-corrected chi connectivity index (χ3v) is 4.73. The number of amides is 2. The van der Waals surface area contributed by atoms with Gasteiger partial charge in [-0.15, -0.1) is 11.3 Å². The minimum absolute atomic E-state index is 0.192. The molecule has 3 N–H and O–H groups in total. The van der Waals surface area contributed by atoms with Crippen LogP contribution in [0.1, 0.15) is 52.7 Å². The second kappa shape index (κ2) is 6.19. The van der Waals surface area contributed by atoms with Gasteiger partial charge in [-0.1, -0.05) is 12.8 Å². The van der Waals surface area contributed by atoms with Gasteiger partial charge in [0.2, 0.25) is 5.91 Å². The van der Waals surface area contributed by atoms with Gasteiger partial charge in [0.25, 0.3) is 5.91 Å². The molecule has 1 aromatic heterocycles. The smallest absolute Gasteiger partial charge is 0.262 e. The quantitative estimate of drug-likeness (QED) is 0.889. The number of aryl methyl sites for hydroxylation is 2. The maximum Gasteiger partial charge on any atom is 0.262 e. The summed E-state index contributed by atoms with van der Waals surface area (Å²) >= 11 is 1.56. The van der Waals surface area contributed by atoms with Crippen LogP contribution in [0.4, 0.5) is 0 Å². The van der Waals surface area contributed by atoms with Gasteiger partial charge in [0.15, 0.2) is 0 Å². The van der Waals surface area contributed by atoms with E-state index in [1.807, 2.05) is 6.07 Å². The zero-order valence-corrected chi connectivity index (χ0v) is 12.0. The Morgan fingerprint density at radius 3 is 2.63 bits per heavy atom. The Labute approximate surface area is 117 Å². The molecule has 1 heterocycles. The zero-order valence-electron chi connectivity index (χ0n) is 11.2. The highest BCUT2D eigenvalue weighted by atomic mass is 32.1. The molecule has 1 aromatic rings. The van der Waals surface area contributed by atoms with Crippen molar-refractivity contribution < 1.29 is 9.59 Å². The van der Waals surface area contributed by atoms with E-state index in [1.165, 1.54) is 36.1 Å². The van der Waals surface area contributed by atoms with Crippen LogP contribution in [0.2, 0.25) is 0 Å². The number of nitrogens with two attached hydrogens (primary N) is 1.